The van der Waals surface area contributed by atoms with Gasteiger partial charge < -0.3 is 19.7 Å². The quantitative estimate of drug-likeness (QED) is 0.142. The van der Waals surface area contributed by atoms with Crippen LogP contribution >= 0.6 is 0 Å². The van der Waals surface area contributed by atoms with Crippen LogP contribution < -0.4 is 9.47 Å². The molecule has 4 aliphatic rings. The third-order valence-electron chi connectivity index (χ3n) is 11.6. The van der Waals surface area contributed by atoms with Gasteiger partial charge in [0.05, 0.1) is 31.5 Å². The lowest BCUT2D eigenvalue weighted by molar-refractivity contribution is -0.141. The topological polar surface area (TPSA) is 148 Å². The summed E-state index contributed by atoms with van der Waals surface area (Å²) in [5.41, 5.74) is 0.970. The number of carboxylic acid groups (broad SMARTS) is 1. The highest BCUT2D eigenvalue weighted by Gasteiger charge is 2.66. The monoisotopic (exact) mass is 703 g/mol. The second-order valence-electron chi connectivity index (χ2n) is 14.1. The number of aromatic hydroxyl groups is 1. The van der Waals surface area contributed by atoms with Gasteiger partial charge in [0.15, 0.2) is 11.6 Å². The summed E-state index contributed by atoms with van der Waals surface area (Å²) in [6, 6.07) is 21.3. The van der Waals surface area contributed by atoms with Crippen LogP contribution in [0.5, 0.6) is 17.2 Å². The average Bonchev–Trinajstić information content (AvgIpc) is 3.40. The Kier molecular flexibility index (Phi) is 9.33. The van der Waals surface area contributed by atoms with Crippen molar-refractivity contribution in [2.24, 2.45) is 23.7 Å². The first-order valence-corrected chi connectivity index (χ1v) is 17.8. The Balaban J connectivity index is 1.42. The molecule has 0 aromatic heterocycles. The molecule has 10 heteroatoms. The number of imide groups is 1. The third kappa shape index (κ3) is 5.52. The van der Waals surface area contributed by atoms with Crippen LogP contribution in [0.3, 0.4) is 0 Å². The number of phenolic OH excluding ortho intramolecular Hbond substituents is 1. The first-order chi connectivity index (χ1) is 25.1. The van der Waals surface area contributed by atoms with Crippen LogP contribution in [0.15, 0.2) is 90.5 Å². The Morgan fingerprint density at radius 1 is 0.885 bits per heavy atom. The molecule has 0 spiro atoms. The molecule has 0 radical (unpaired) electrons. The van der Waals surface area contributed by atoms with Gasteiger partial charge in [-0.1, -0.05) is 78.7 Å². The van der Waals surface area contributed by atoms with Crippen LogP contribution in [0.1, 0.15) is 61.1 Å². The van der Waals surface area contributed by atoms with Crippen molar-refractivity contribution in [2.45, 2.75) is 49.9 Å². The summed E-state index contributed by atoms with van der Waals surface area (Å²) >= 11 is 0. The SMILES string of the molecule is COc1cc(O)c([C@H]2C3=CC[C@@H]4C(=O)N(CCCCCC(=O)O)C(=O)[C@@H]4[C@@H]3C[C@H]3C(=O)C(c4ccccc4)=CC(=O)[C@@]23c2ccccc2)c(OC)c1. The smallest absolute Gasteiger partial charge is 0.303 e. The van der Waals surface area contributed by atoms with Gasteiger partial charge in [-0.3, -0.25) is 28.9 Å². The second kappa shape index (κ2) is 13.9. The number of nitrogens with zero attached hydrogens (tertiary/aromatic N) is 1. The number of Topliss-reactive ketones (excluding diaryl/α,β-unsaturated/α-hetero) is 1. The van der Waals surface area contributed by atoms with Gasteiger partial charge in [-0.15, -0.1) is 0 Å². The highest BCUT2D eigenvalue weighted by Crippen LogP contribution is 2.65. The number of allylic oxidation sites excluding steroid dienone is 4. The maximum Gasteiger partial charge on any atom is 0.303 e. The Labute approximate surface area is 301 Å². The largest absolute Gasteiger partial charge is 0.507 e. The second-order valence-corrected chi connectivity index (χ2v) is 14.1. The molecule has 1 heterocycles. The Hall–Kier alpha value is -5.51. The van der Waals surface area contributed by atoms with Crippen molar-refractivity contribution in [1.29, 1.82) is 0 Å². The third-order valence-corrected chi connectivity index (χ3v) is 11.6. The number of hydrogen-bond acceptors (Lipinski definition) is 8. The summed E-state index contributed by atoms with van der Waals surface area (Å²) in [4.78, 5) is 70.8. The molecule has 3 aliphatic carbocycles. The van der Waals surface area contributed by atoms with Crippen molar-refractivity contribution in [3.8, 4) is 17.2 Å². The molecule has 0 unspecified atom stereocenters. The molecule has 52 heavy (non-hydrogen) atoms. The minimum absolute atomic E-state index is 0.0161. The zero-order chi connectivity index (χ0) is 36.7. The summed E-state index contributed by atoms with van der Waals surface area (Å²) < 4.78 is 11.3. The van der Waals surface area contributed by atoms with E-state index in [0.29, 0.717) is 47.3 Å². The molecule has 3 aromatic rings. The number of likely N-dealkylation sites (tertiary alicyclic amines) is 1. The normalized spacial score (nSPS) is 26.6. The van der Waals surface area contributed by atoms with Crippen LogP contribution in [0.4, 0.5) is 0 Å². The van der Waals surface area contributed by atoms with E-state index in [1.165, 1.54) is 31.3 Å². The Bertz CT molecular complexity index is 2000. The van der Waals surface area contributed by atoms with E-state index in [0.717, 1.165) is 0 Å². The Morgan fingerprint density at radius 2 is 1.60 bits per heavy atom. The number of hydrogen-bond donors (Lipinski definition) is 2. The lowest BCUT2D eigenvalue weighted by Gasteiger charge is -2.55. The number of phenols is 1. The summed E-state index contributed by atoms with van der Waals surface area (Å²) in [7, 11) is 2.93. The number of amides is 2. The fourth-order valence-electron chi connectivity index (χ4n) is 9.36. The minimum atomic E-state index is -1.53. The van der Waals surface area contributed by atoms with Crippen LogP contribution in [-0.4, -0.2) is 65.2 Å². The maximum atomic E-state index is 15.2. The molecule has 1 aliphatic heterocycles. The molecular weight excluding hydrogens is 662 g/mol. The van der Waals surface area contributed by atoms with Crippen molar-refractivity contribution in [2.75, 3.05) is 20.8 Å². The van der Waals surface area contributed by atoms with Gasteiger partial charge in [-0.2, -0.15) is 0 Å². The summed E-state index contributed by atoms with van der Waals surface area (Å²) in [5, 5.41) is 20.9. The van der Waals surface area contributed by atoms with E-state index >= 15 is 9.59 Å². The minimum Gasteiger partial charge on any atom is -0.507 e. The standard InChI is InChI=1S/C42H41NO9/c1-51-26-20-32(44)37(33(21-26)52-2)38-27-17-18-28-36(41(50)43(40(28)49)19-11-5-10-16-35(46)47)30(27)22-31-39(48)29(24-12-6-3-7-13-24)23-34(45)42(31,38)25-14-8-4-9-15-25/h3-4,6-9,12-15,17,20-21,23,28,30-31,36,38,44H,5,10-11,16,18-19,22H2,1-2H3,(H,46,47)/t28-,30+,31-,36-,38+,42-/m0/s1. The molecule has 3 aromatic carbocycles. The van der Waals surface area contributed by atoms with Gasteiger partial charge in [0.25, 0.3) is 0 Å². The molecule has 7 rings (SSSR count). The molecule has 10 nitrogen and oxygen atoms in total. The Morgan fingerprint density at radius 3 is 2.27 bits per heavy atom. The summed E-state index contributed by atoms with van der Waals surface area (Å²) in [5.74, 6) is -5.57. The first kappa shape index (κ1) is 34.9. The van der Waals surface area contributed by atoms with E-state index in [1.54, 1.807) is 18.2 Å². The molecule has 1 saturated heterocycles. The number of methoxy groups -OCH3 is 2. The van der Waals surface area contributed by atoms with Gasteiger partial charge >= 0.3 is 5.97 Å². The lowest BCUT2D eigenvalue weighted by atomic mass is 9.44. The van der Waals surface area contributed by atoms with Crippen molar-refractivity contribution < 1.29 is 43.7 Å². The number of fused-ring (bicyclic) bond motifs is 4. The van der Waals surface area contributed by atoms with Crippen LogP contribution in [-0.2, 0) is 29.4 Å². The summed E-state index contributed by atoms with van der Waals surface area (Å²) in [6.07, 6.45) is 5.25. The van der Waals surface area contributed by atoms with Crippen molar-refractivity contribution in [3.63, 3.8) is 0 Å². The number of ketones is 2. The van der Waals surface area contributed by atoms with Gasteiger partial charge in [0.1, 0.15) is 17.2 Å². The van der Waals surface area contributed by atoms with E-state index < -0.39 is 41.0 Å². The van der Waals surface area contributed by atoms with Gasteiger partial charge in [-0.05, 0) is 48.8 Å². The van der Waals surface area contributed by atoms with E-state index in [9.17, 15) is 19.5 Å². The van der Waals surface area contributed by atoms with E-state index in [1.807, 2.05) is 54.6 Å². The number of carbonyl (C=O) groups is 5. The number of benzene rings is 3. The molecule has 2 N–H and O–H groups in total. The number of carboxylic acids is 1. The number of carbonyl (C=O) groups excluding carboxylic acids is 4. The predicted octanol–water partition coefficient (Wildman–Crippen LogP) is 5.88. The zero-order valence-electron chi connectivity index (χ0n) is 29.1. The average molecular weight is 704 g/mol. The fraction of sp³-hybridized carbons (Fsp3) is 0.357. The number of rotatable bonds is 11. The van der Waals surface area contributed by atoms with Gasteiger partial charge in [0, 0.05) is 48.1 Å². The molecule has 0 bridgehead atoms. The molecular formula is C42H41NO9. The fourth-order valence-corrected chi connectivity index (χ4v) is 9.36. The number of ether oxygens (including phenoxy) is 2. The molecule has 2 fully saturated rings. The van der Waals surface area contributed by atoms with Crippen molar-refractivity contribution >= 4 is 34.9 Å². The van der Waals surface area contributed by atoms with Crippen LogP contribution in [0, 0.1) is 23.7 Å². The van der Waals surface area contributed by atoms with Gasteiger partial charge in [0.2, 0.25) is 11.8 Å². The van der Waals surface area contributed by atoms with E-state index in [-0.39, 0.29) is 66.3 Å². The molecule has 2 amide bonds. The molecule has 268 valence electrons. The van der Waals surface area contributed by atoms with Crippen molar-refractivity contribution in [1.82, 2.24) is 4.90 Å². The van der Waals surface area contributed by atoms with Gasteiger partial charge in [-0.25, -0.2) is 0 Å². The number of unbranched alkanes of at least 4 members (excludes halogenated alkanes) is 2. The summed E-state index contributed by atoms with van der Waals surface area (Å²) in [6.45, 7) is 0.179. The highest BCUT2D eigenvalue weighted by atomic mass is 16.5. The molecule has 6 atom stereocenters. The predicted molar refractivity (Wildman–Crippen MR) is 191 cm³/mol. The van der Waals surface area contributed by atoms with Crippen LogP contribution in [0.2, 0.25) is 0 Å². The zero-order valence-corrected chi connectivity index (χ0v) is 29.1. The molecule has 1 saturated carbocycles. The number of aliphatic carboxylic acids is 1. The van der Waals surface area contributed by atoms with E-state index in [2.05, 4.69) is 0 Å². The maximum absolute atomic E-state index is 15.2. The van der Waals surface area contributed by atoms with Crippen molar-refractivity contribution in [3.05, 3.63) is 107 Å². The van der Waals surface area contributed by atoms with E-state index in [4.69, 9.17) is 14.6 Å². The highest BCUT2D eigenvalue weighted by molar-refractivity contribution is 6.31. The lowest BCUT2D eigenvalue weighted by Crippen LogP contribution is -2.58. The van der Waals surface area contributed by atoms with Crippen LogP contribution in [0.25, 0.3) is 5.57 Å². The first-order valence-electron chi connectivity index (χ1n) is 17.8.